The third kappa shape index (κ3) is 5.59. The van der Waals surface area contributed by atoms with E-state index >= 15 is 0 Å². The molecule has 3 heterocycles. The molecule has 2 aliphatic rings. The fraction of sp³-hybridized carbons (Fsp3) is 0.423. The number of methoxy groups -OCH3 is 1. The van der Waals surface area contributed by atoms with Gasteiger partial charge < -0.3 is 24.4 Å². The Kier molecular flexibility index (Phi) is 7.10. The number of nitriles is 1. The van der Waals surface area contributed by atoms with Gasteiger partial charge in [0.2, 0.25) is 0 Å². The molecule has 1 amide bonds. The number of imidazole rings is 1. The van der Waals surface area contributed by atoms with Gasteiger partial charge in [-0.25, -0.2) is 4.98 Å². The number of nitrogens with one attached hydrogen (secondary N) is 1. The summed E-state index contributed by atoms with van der Waals surface area (Å²) in [4.78, 5) is 19.4. The lowest BCUT2D eigenvalue weighted by molar-refractivity contribution is -0.0502. The number of pyridine rings is 1. The SMILES string of the molecule is COc1cc(-c2cnc3cc(OCC4CN(CCC#N)C4)ccn23)cc(OC(F)F)c1C(=O)NC1CC1. The van der Waals surface area contributed by atoms with Gasteiger partial charge in [0.25, 0.3) is 5.91 Å². The highest BCUT2D eigenvalue weighted by Crippen LogP contribution is 2.37. The van der Waals surface area contributed by atoms with Crippen molar-refractivity contribution < 1.29 is 27.8 Å². The first-order chi connectivity index (χ1) is 17.9. The highest BCUT2D eigenvalue weighted by molar-refractivity contribution is 6.01. The van der Waals surface area contributed by atoms with Crippen molar-refractivity contribution in [3.63, 3.8) is 0 Å². The van der Waals surface area contributed by atoms with Gasteiger partial charge in [-0.15, -0.1) is 0 Å². The minimum Gasteiger partial charge on any atom is -0.496 e. The van der Waals surface area contributed by atoms with Crippen molar-refractivity contribution >= 4 is 11.6 Å². The molecule has 37 heavy (non-hydrogen) atoms. The van der Waals surface area contributed by atoms with E-state index < -0.39 is 12.5 Å². The van der Waals surface area contributed by atoms with E-state index in [-0.39, 0.29) is 23.1 Å². The lowest BCUT2D eigenvalue weighted by Gasteiger charge is -2.38. The number of carbonyl (C=O) groups is 1. The number of ether oxygens (including phenoxy) is 3. The first-order valence-electron chi connectivity index (χ1n) is 12.1. The Hall–Kier alpha value is -3.91. The lowest BCUT2D eigenvalue weighted by Crippen LogP contribution is -2.49. The number of hydrogen-bond acceptors (Lipinski definition) is 7. The number of nitrogens with zero attached hydrogens (tertiary/aromatic N) is 4. The van der Waals surface area contributed by atoms with Crippen molar-refractivity contribution in [1.29, 1.82) is 5.26 Å². The average molecular weight is 512 g/mol. The molecule has 3 aromatic rings. The van der Waals surface area contributed by atoms with Gasteiger partial charge in [-0.3, -0.25) is 9.20 Å². The maximum absolute atomic E-state index is 13.2. The molecule has 0 unspecified atom stereocenters. The van der Waals surface area contributed by atoms with E-state index in [0.29, 0.717) is 41.6 Å². The van der Waals surface area contributed by atoms with E-state index in [1.165, 1.54) is 13.2 Å². The first-order valence-corrected chi connectivity index (χ1v) is 12.1. The number of alkyl halides is 2. The highest BCUT2D eigenvalue weighted by atomic mass is 19.3. The Labute approximate surface area is 212 Å². The molecular formula is C26H27F2N5O4. The number of halogens is 2. The molecule has 194 valence electrons. The number of fused-ring (bicyclic) bond motifs is 1. The quantitative estimate of drug-likeness (QED) is 0.419. The zero-order valence-corrected chi connectivity index (χ0v) is 20.3. The van der Waals surface area contributed by atoms with Gasteiger partial charge in [-0.05, 0) is 31.0 Å². The van der Waals surface area contributed by atoms with Crippen molar-refractivity contribution in [1.82, 2.24) is 19.6 Å². The number of hydrogen-bond donors (Lipinski definition) is 1. The molecule has 0 atom stereocenters. The molecule has 1 aliphatic heterocycles. The third-order valence-corrected chi connectivity index (χ3v) is 6.48. The number of carbonyl (C=O) groups excluding carboxylic acids is 1. The molecule has 0 radical (unpaired) electrons. The molecule has 0 bridgehead atoms. The molecular weight excluding hydrogens is 484 g/mol. The van der Waals surface area contributed by atoms with E-state index in [1.54, 1.807) is 28.9 Å². The molecule has 1 aliphatic carbocycles. The Morgan fingerprint density at radius 2 is 2.05 bits per heavy atom. The zero-order chi connectivity index (χ0) is 25.9. The van der Waals surface area contributed by atoms with Crippen LogP contribution >= 0.6 is 0 Å². The molecule has 2 aromatic heterocycles. The van der Waals surface area contributed by atoms with Crippen LogP contribution in [-0.4, -0.2) is 66.2 Å². The monoisotopic (exact) mass is 511 g/mol. The molecule has 9 nitrogen and oxygen atoms in total. The summed E-state index contributed by atoms with van der Waals surface area (Å²) in [6.45, 7) is 0.0800. The number of rotatable bonds is 11. The van der Waals surface area contributed by atoms with Gasteiger partial charge in [-0.1, -0.05) is 0 Å². The summed E-state index contributed by atoms with van der Waals surface area (Å²) in [6, 6.07) is 8.83. The van der Waals surface area contributed by atoms with E-state index in [2.05, 4.69) is 21.3 Å². The zero-order valence-electron chi connectivity index (χ0n) is 20.3. The van der Waals surface area contributed by atoms with Gasteiger partial charge in [0.15, 0.2) is 0 Å². The molecule has 5 rings (SSSR count). The first kappa shape index (κ1) is 24.8. The van der Waals surface area contributed by atoms with Crippen LogP contribution in [0.15, 0.2) is 36.7 Å². The predicted molar refractivity (Wildman–Crippen MR) is 130 cm³/mol. The van der Waals surface area contributed by atoms with Gasteiger partial charge >= 0.3 is 6.61 Å². The average Bonchev–Trinajstić information content (AvgIpc) is 3.56. The minimum absolute atomic E-state index is 0.0401. The van der Waals surface area contributed by atoms with Crippen molar-refractivity contribution in [2.24, 2.45) is 5.92 Å². The Morgan fingerprint density at radius 3 is 2.76 bits per heavy atom. The number of aromatic nitrogens is 2. The number of likely N-dealkylation sites (tertiary alicyclic amines) is 1. The molecule has 2 fully saturated rings. The van der Waals surface area contributed by atoms with E-state index in [9.17, 15) is 13.6 Å². The summed E-state index contributed by atoms with van der Waals surface area (Å²) in [5, 5.41) is 11.5. The van der Waals surface area contributed by atoms with Gasteiger partial charge in [0.1, 0.15) is 28.5 Å². The number of benzene rings is 1. The molecule has 1 saturated carbocycles. The van der Waals surface area contributed by atoms with Crippen LogP contribution < -0.4 is 19.5 Å². The lowest BCUT2D eigenvalue weighted by atomic mass is 10.0. The van der Waals surface area contributed by atoms with E-state index in [4.69, 9.17) is 19.5 Å². The van der Waals surface area contributed by atoms with Crippen molar-refractivity contribution in [2.45, 2.75) is 31.9 Å². The minimum atomic E-state index is -3.11. The van der Waals surface area contributed by atoms with Crippen molar-refractivity contribution in [3.8, 4) is 34.6 Å². The smallest absolute Gasteiger partial charge is 0.387 e. The molecule has 1 N–H and O–H groups in total. The summed E-state index contributed by atoms with van der Waals surface area (Å²) in [6.07, 6.45) is 5.65. The van der Waals surface area contributed by atoms with Crippen LogP contribution in [0, 0.1) is 17.2 Å². The van der Waals surface area contributed by atoms with Gasteiger partial charge in [0.05, 0.1) is 31.7 Å². The Balaban J connectivity index is 1.36. The summed E-state index contributed by atoms with van der Waals surface area (Å²) < 4.78 is 44.4. The third-order valence-electron chi connectivity index (χ3n) is 6.48. The Morgan fingerprint density at radius 1 is 1.27 bits per heavy atom. The Bertz CT molecular complexity index is 1330. The summed E-state index contributed by atoms with van der Waals surface area (Å²) >= 11 is 0. The fourth-order valence-corrected chi connectivity index (χ4v) is 4.45. The van der Waals surface area contributed by atoms with Crippen LogP contribution in [0.2, 0.25) is 0 Å². The standard InChI is InChI=1S/C26H27F2N5O4/c1-35-21-9-17(10-22(37-26(27)28)24(21)25(34)31-18-3-4-18)20-12-30-23-11-19(5-8-33(20)23)36-15-16-13-32(14-16)7-2-6-29/h5,8-12,16,18,26H,2-4,7,13-15H2,1H3,(H,31,34). The van der Waals surface area contributed by atoms with Crippen LogP contribution in [-0.2, 0) is 0 Å². The van der Waals surface area contributed by atoms with E-state index in [0.717, 1.165) is 32.5 Å². The molecule has 1 saturated heterocycles. The summed E-state index contributed by atoms with van der Waals surface area (Å²) in [5.74, 6) is 0.446. The van der Waals surface area contributed by atoms with Crippen LogP contribution in [0.25, 0.3) is 16.9 Å². The van der Waals surface area contributed by atoms with Crippen molar-refractivity contribution in [2.75, 3.05) is 33.4 Å². The summed E-state index contributed by atoms with van der Waals surface area (Å²) in [5.41, 5.74) is 1.66. The van der Waals surface area contributed by atoms with E-state index in [1.807, 2.05) is 6.07 Å². The van der Waals surface area contributed by atoms with Crippen LogP contribution in [0.1, 0.15) is 29.6 Å². The highest BCUT2D eigenvalue weighted by Gasteiger charge is 2.29. The van der Waals surface area contributed by atoms with Gasteiger partial charge in [-0.2, -0.15) is 14.0 Å². The van der Waals surface area contributed by atoms with Crippen molar-refractivity contribution in [3.05, 3.63) is 42.2 Å². The second kappa shape index (κ2) is 10.6. The molecule has 1 aromatic carbocycles. The van der Waals surface area contributed by atoms with Crippen LogP contribution in [0.5, 0.6) is 17.2 Å². The molecule has 11 heteroatoms. The number of amides is 1. The van der Waals surface area contributed by atoms with Gasteiger partial charge in [0, 0.05) is 55.8 Å². The maximum atomic E-state index is 13.2. The fourth-order valence-electron chi connectivity index (χ4n) is 4.45. The normalized spacial score (nSPS) is 15.9. The maximum Gasteiger partial charge on any atom is 0.387 e. The topological polar surface area (TPSA) is 101 Å². The predicted octanol–water partition coefficient (Wildman–Crippen LogP) is 3.73. The van der Waals surface area contributed by atoms with Crippen LogP contribution in [0.4, 0.5) is 8.78 Å². The van der Waals surface area contributed by atoms with Crippen LogP contribution in [0.3, 0.4) is 0 Å². The second-order valence-corrected chi connectivity index (χ2v) is 9.26. The summed E-state index contributed by atoms with van der Waals surface area (Å²) in [7, 11) is 1.38. The second-order valence-electron chi connectivity index (χ2n) is 9.26. The largest absolute Gasteiger partial charge is 0.496 e. The molecule has 0 spiro atoms.